The number of halogens is 4. The summed E-state index contributed by atoms with van der Waals surface area (Å²) >= 11 is 0. The Morgan fingerprint density at radius 3 is 2.32 bits per heavy atom. The first-order chi connectivity index (χ1) is 23.6. The zero-order chi connectivity index (χ0) is 36.0. The predicted molar refractivity (Wildman–Crippen MR) is 176 cm³/mol. The van der Waals surface area contributed by atoms with E-state index in [1.54, 1.807) is 26.1 Å². The number of aromatic nitrogens is 2. The molecular formula is C35H40F4N4O6S. The lowest BCUT2D eigenvalue weighted by Crippen LogP contribution is -2.51. The van der Waals surface area contributed by atoms with Crippen molar-refractivity contribution in [1.82, 2.24) is 20.2 Å². The fraction of sp³-hybridized carbons (Fsp3) is 0.514. The third kappa shape index (κ3) is 6.93. The normalized spacial score (nSPS) is 20.9. The highest BCUT2D eigenvalue weighted by Crippen LogP contribution is 2.52. The van der Waals surface area contributed by atoms with E-state index in [1.807, 2.05) is 24.3 Å². The SMILES string of the molecule is COC(=O)N[C@H](C(=O)N1C[C@@H](F)C[C@H]1c1ncc(-c2ccc(-c3ccc(OS(=O)(=O)C(F)(F)F)c4c3CC3(CCCCC3)C4)cc2)[nH]1)C(C)C. The molecule has 2 heterocycles. The Bertz CT molecular complexity index is 1850. The summed E-state index contributed by atoms with van der Waals surface area (Å²) in [6, 6.07) is 8.79. The van der Waals surface area contributed by atoms with E-state index in [4.69, 9.17) is 4.18 Å². The van der Waals surface area contributed by atoms with Crippen LogP contribution in [0.3, 0.4) is 0 Å². The lowest BCUT2D eigenvalue weighted by molar-refractivity contribution is -0.135. The number of amides is 2. The Morgan fingerprint density at radius 1 is 1.02 bits per heavy atom. The van der Waals surface area contributed by atoms with Crippen LogP contribution in [-0.4, -0.2) is 66.7 Å². The molecule has 50 heavy (non-hydrogen) atoms. The quantitative estimate of drug-likeness (QED) is 0.145. The molecule has 15 heteroatoms. The molecule has 3 atom stereocenters. The second kappa shape index (κ2) is 13.5. The number of carbonyl (C=O) groups is 2. The van der Waals surface area contributed by atoms with Gasteiger partial charge in [0.05, 0.1) is 31.6 Å². The highest BCUT2D eigenvalue weighted by molar-refractivity contribution is 7.88. The van der Waals surface area contributed by atoms with Gasteiger partial charge in [0.1, 0.15) is 23.8 Å². The standard InChI is InChI=1S/C35H40F4N4O6S/c1-20(2)30(42-33(45)48-3)32(44)43-19-23(36)15-28(43)31-40-18-27(41-31)22-9-7-21(8-10-22)24-11-12-29(49-50(46,47)35(37,38)39)26-17-34(16-25(24)26)13-5-4-6-14-34/h7-12,18,20,23,28,30H,4-6,13-17,19H2,1-3H3,(H,40,41)(H,42,45)/t23-,28-,30-/m0/s1. The van der Waals surface area contributed by atoms with Crippen molar-refractivity contribution in [1.29, 1.82) is 0 Å². The van der Waals surface area contributed by atoms with Gasteiger partial charge in [0.2, 0.25) is 5.91 Å². The molecule has 10 nitrogen and oxygen atoms in total. The zero-order valence-corrected chi connectivity index (χ0v) is 28.8. The summed E-state index contributed by atoms with van der Waals surface area (Å²) in [4.78, 5) is 34.5. The number of nitrogens with one attached hydrogen (secondary N) is 2. The number of hydrogen-bond donors (Lipinski definition) is 2. The van der Waals surface area contributed by atoms with Crippen LogP contribution in [-0.2, 0) is 32.5 Å². The third-order valence-corrected chi connectivity index (χ3v) is 11.2. The minimum absolute atomic E-state index is 0.0389. The van der Waals surface area contributed by atoms with Crippen LogP contribution in [0.5, 0.6) is 5.75 Å². The molecule has 1 aromatic heterocycles. The average molecular weight is 721 g/mol. The van der Waals surface area contributed by atoms with Crippen LogP contribution in [0.2, 0.25) is 0 Å². The van der Waals surface area contributed by atoms with E-state index >= 15 is 0 Å². The van der Waals surface area contributed by atoms with Crippen molar-refractivity contribution >= 4 is 22.1 Å². The number of alkyl halides is 4. The topological polar surface area (TPSA) is 131 Å². The first-order valence-electron chi connectivity index (χ1n) is 16.7. The molecule has 2 fully saturated rings. The lowest BCUT2D eigenvalue weighted by Gasteiger charge is -2.33. The van der Waals surface area contributed by atoms with E-state index in [2.05, 4.69) is 20.0 Å². The second-order valence-electron chi connectivity index (χ2n) is 13.9. The highest BCUT2D eigenvalue weighted by Gasteiger charge is 2.50. The second-order valence-corrected chi connectivity index (χ2v) is 15.5. The summed E-state index contributed by atoms with van der Waals surface area (Å²) in [6.07, 6.45) is 5.57. The monoisotopic (exact) mass is 720 g/mol. The van der Waals surface area contributed by atoms with Gasteiger partial charge in [-0.3, -0.25) is 4.79 Å². The number of likely N-dealkylation sites (tertiary alicyclic amines) is 1. The number of alkyl carbamates (subject to hydrolysis) is 1. The van der Waals surface area contributed by atoms with Gasteiger partial charge in [-0.1, -0.05) is 63.4 Å². The number of imidazole rings is 1. The number of hydrogen-bond acceptors (Lipinski definition) is 7. The van der Waals surface area contributed by atoms with Crippen molar-refractivity contribution in [3.05, 3.63) is 59.5 Å². The highest BCUT2D eigenvalue weighted by atomic mass is 32.2. The van der Waals surface area contributed by atoms with Crippen LogP contribution >= 0.6 is 0 Å². The fourth-order valence-corrected chi connectivity index (χ4v) is 8.18. The first-order valence-corrected chi connectivity index (χ1v) is 18.1. The van der Waals surface area contributed by atoms with Gasteiger partial charge in [-0.05, 0) is 65.3 Å². The fourth-order valence-electron chi connectivity index (χ4n) is 7.70. The molecule has 6 rings (SSSR count). The molecule has 2 aromatic carbocycles. The van der Waals surface area contributed by atoms with E-state index < -0.39 is 45.9 Å². The van der Waals surface area contributed by atoms with Crippen LogP contribution in [0.25, 0.3) is 22.4 Å². The van der Waals surface area contributed by atoms with Crippen molar-refractivity contribution < 1.29 is 44.5 Å². The Kier molecular flexibility index (Phi) is 9.66. The van der Waals surface area contributed by atoms with E-state index in [0.29, 0.717) is 29.9 Å². The molecule has 2 aliphatic carbocycles. The summed E-state index contributed by atoms with van der Waals surface area (Å²) in [5.74, 6) is -0.593. The molecule has 1 saturated heterocycles. The first kappa shape index (κ1) is 35.7. The minimum Gasteiger partial charge on any atom is -0.453 e. The van der Waals surface area contributed by atoms with Crippen LogP contribution in [0, 0.1) is 11.3 Å². The predicted octanol–water partition coefficient (Wildman–Crippen LogP) is 7.01. The summed E-state index contributed by atoms with van der Waals surface area (Å²) in [5, 5.41) is 2.55. The van der Waals surface area contributed by atoms with Crippen molar-refractivity contribution in [2.24, 2.45) is 11.3 Å². The van der Waals surface area contributed by atoms with Gasteiger partial charge in [-0.25, -0.2) is 14.2 Å². The van der Waals surface area contributed by atoms with Crippen LogP contribution in [0.15, 0.2) is 42.6 Å². The third-order valence-electron chi connectivity index (χ3n) is 10.2. The summed E-state index contributed by atoms with van der Waals surface area (Å²) < 4.78 is 87.8. The molecule has 0 radical (unpaired) electrons. The lowest BCUT2D eigenvalue weighted by atomic mass is 9.72. The van der Waals surface area contributed by atoms with Crippen molar-refractivity contribution in [2.45, 2.75) is 89.0 Å². The van der Waals surface area contributed by atoms with E-state index in [-0.39, 0.29) is 30.0 Å². The molecule has 1 spiro atoms. The molecule has 270 valence electrons. The van der Waals surface area contributed by atoms with Crippen LogP contribution < -0.4 is 9.50 Å². The Morgan fingerprint density at radius 2 is 1.68 bits per heavy atom. The number of fused-ring (bicyclic) bond motifs is 1. The number of nitrogens with zero attached hydrogens (tertiary/aromatic N) is 2. The van der Waals surface area contributed by atoms with Gasteiger partial charge in [-0.15, -0.1) is 0 Å². The van der Waals surface area contributed by atoms with Gasteiger partial charge < -0.3 is 24.1 Å². The number of ether oxygens (including phenoxy) is 1. The minimum atomic E-state index is -5.83. The maximum absolute atomic E-state index is 14.7. The van der Waals surface area contributed by atoms with Crippen molar-refractivity contribution in [3.8, 4) is 28.1 Å². The number of benzene rings is 2. The Balaban J connectivity index is 1.26. The van der Waals surface area contributed by atoms with E-state index in [9.17, 15) is 35.6 Å². The van der Waals surface area contributed by atoms with Crippen molar-refractivity contribution in [2.75, 3.05) is 13.7 Å². The zero-order valence-electron chi connectivity index (χ0n) is 28.0. The summed E-state index contributed by atoms with van der Waals surface area (Å²) in [6.45, 7) is 3.40. The Labute approximate surface area is 288 Å². The molecule has 2 amide bonds. The number of aromatic amines is 1. The maximum Gasteiger partial charge on any atom is 0.534 e. The number of carbonyl (C=O) groups excluding carboxylic acids is 2. The largest absolute Gasteiger partial charge is 0.534 e. The van der Waals surface area contributed by atoms with Gasteiger partial charge in [0, 0.05) is 12.0 Å². The molecule has 1 saturated carbocycles. The molecule has 0 bridgehead atoms. The van der Waals surface area contributed by atoms with Gasteiger partial charge in [0.25, 0.3) is 0 Å². The molecule has 0 unspecified atom stereocenters. The van der Waals surface area contributed by atoms with Gasteiger partial charge in [0.15, 0.2) is 0 Å². The molecule has 2 N–H and O–H groups in total. The van der Waals surface area contributed by atoms with E-state index in [1.165, 1.54) is 18.1 Å². The molecule has 3 aliphatic rings. The summed E-state index contributed by atoms with van der Waals surface area (Å²) in [5.41, 5.74) is -1.42. The molecule has 3 aromatic rings. The average Bonchev–Trinajstić information content (AvgIpc) is 3.80. The van der Waals surface area contributed by atoms with Crippen LogP contribution in [0.4, 0.5) is 22.4 Å². The smallest absolute Gasteiger partial charge is 0.453 e. The molecular weight excluding hydrogens is 680 g/mol. The number of H-pyrrole nitrogens is 1. The number of methoxy groups -OCH3 is 1. The molecule has 1 aliphatic heterocycles. The summed E-state index contributed by atoms with van der Waals surface area (Å²) in [7, 11) is -4.63. The van der Waals surface area contributed by atoms with Crippen LogP contribution in [0.1, 0.15) is 75.4 Å². The number of rotatable bonds is 8. The van der Waals surface area contributed by atoms with Gasteiger partial charge >= 0.3 is 21.7 Å². The Hall–Kier alpha value is -4.14. The van der Waals surface area contributed by atoms with E-state index in [0.717, 1.165) is 54.4 Å². The van der Waals surface area contributed by atoms with Crippen molar-refractivity contribution in [3.63, 3.8) is 0 Å². The van der Waals surface area contributed by atoms with Gasteiger partial charge in [-0.2, -0.15) is 21.6 Å². The maximum atomic E-state index is 14.7.